The molecule has 0 bridgehead atoms. The summed E-state index contributed by atoms with van der Waals surface area (Å²) in [5.74, 6) is -1.01. The number of rotatable bonds is 6. The van der Waals surface area contributed by atoms with Gasteiger partial charge in [-0.15, -0.1) is 0 Å². The molecule has 0 aliphatic carbocycles. The number of carboxylic acid groups (broad SMARTS) is 1. The van der Waals surface area contributed by atoms with E-state index in [-0.39, 0.29) is 12.3 Å². The molecule has 0 unspecified atom stereocenters. The molecule has 0 spiro atoms. The van der Waals surface area contributed by atoms with Crippen LogP contribution in [0.2, 0.25) is 0 Å². The second kappa shape index (κ2) is 5.31. The molecule has 0 aromatic carbocycles. The number of hydrogen-bond donors (Lipinski definition) is 2. The molecule has 5 nitrogen and oxygen atoms in total. The fourth-order valence-electron chi connectivity index (χ4n) is 0.741. The number of aliphatic carboxylic acids is 1. The third-order valence-electron chi connectivity index (χ3n) is 1.93. The van der Waals surface area contributed by atoms with Crippen LogP contribution >= 0.6 is 0 Å². The van der Waals surface area contributed by atoms with Crippen molar-refractivity contribution in [3.05, 3.63) is 0 Å². The van der Waals surface area contributed by atoms with E-state index in [1.165, 1.54) is 6.92 Å². The second-order valence-corrected chi connectivity index (χ2v) is 6.11. The Kier molecular flexibility index (Phi) is 5.07. The molecule has 14 heavy (non-hydrogen) atoms. The molecular weight excluding hydrogens is 206 g/mol. The van der Waals surface area contributed by atoms with Crippen LogP contribution < -0.4 is 5.32 Å². The van der Waals surface area contributed by atoms with Gasteiger partial charge < -0.3 is 10.4 Å². The first-order valence-corrected chi connectivity index (χ1v) is 6.16. The van der Waals surface area contributed by atoms with E-state index in [0.717, 1.165) is 0 Å². The molecule has 0 radical (unpaired) electrons. The fourth-order valence-corrected chi connectivity index (χ4v) is 1.61. The molecule has 0 amide bonds. The zero-order chi connectivity index (χ0) is 11.4. The van der Waals surface area contributed by atoms with Gasteiger partial charge in [-0.05, 0) is 20.8 Å². The van der Waals surface area contributed by atoms with E-state index in [2.05, 4.69) is 5.32 Å². The van der Waals surface area contributed by atoms with Crippen molar-refractivity contribution in [2.24, 2.45) is 0 Å². The first-order chi connectivity index (χ1) is 6.27. The molecule has 84 valence electrons. The summed E-state index contributed by atoms with van der Waals surface area (Å²) >= 11 is 0. The van der Waals surface area contributed by atoms with Crippen LogP contribution in [-0.4, -0.2) is 43.1 Å². The summed E-state index contributed by atoms with van der Waals surface area (Å²) in [6.07, 6.45) is 0. The van der Waals surface area contributed by atoms with Gasteiger partial charge in [0.1, 0.15) is 6.04 Å². The van der Waals surface area contributed by atoms with Crippen molar-refractivity contribution in [3.8, 4) is 0 Å². The summed E-state index contributed by atoms with van der Waals surface area (Å²) in [6, 6.07) is -0.711. The maximum atomic E-state index is 11.3. The van der Waals surface area contributed by atoms with Crippen molar-refractivity contribution in [1.29, 1.82) is 0 Å². The zero-order valence-corrected chi connectivity index (χ0v) is 9.47. The van der Waals surface area contributed by atoms with Gasteiger partial charge >= 0.3 is 5.97 Å². The van der Waals surface area contributed by atoms with Crippen LogP contribution in [0.5, 0.6) is 0 Å². The van der Waals surface area contributed by atoms with Crippen LogP contribution in [0.25, 0.3) is 0 Å². The molecule has 0 aromatic rings. The van der Waals surface area contributed by atoms with Crippen molar-refractivity contribution in [3.63, 3.8) is 0 Å². The molecule has 1 atom stereocenters. The minimum Gasteiger partial charge on any atom is -0.480 e. The average molecular weight is 223 g/mol. The van der Waals surface area contributed by atoms with Crippen molar-refractivity contribution in [1.82, 2.24) is 5.32 Å². The highest BCUT2D eigenvalue weighted by molar-refractivity contribution is 7.92. The van der Waals surface area contributed by atoms with Crippen molar-refractivity contribution in [2.45, 2.75) is 32.1 Å². The van der Waals surface area contributed by atoms with Gasteiger partial charge in [-0.3, -0.25) is 4.79 Å². The maximum absolute atomic E-state index is 11.3. The predicted octanol–water partition coefficient (Wildman–Crippen LogP) is -0.128. The Hall–Kier alpha value is -0.620. The lowest BCUT2D eigenvalue weighted by atomic mass is 10.3. The molecule has 0 heterocycles. The van der Waals surface area contributed by atoms with Crippen molar-refractivity contribution in [2.75, 3.05) is 12.3 Å². The molecule has 0 aliphatic heterocycles. The van der Waals surface area contributed by atoms with Gasteiger partial charge in [0.05, 0.1) is 11.0 Å². The zero-order valence-electron chi connectivity index (χ0n) is 8.65. The standard InChI is InChI=1S/C8H17NO4S/c1-6(2)14(12,13)5-4-9-7(3)8(10)11/h6-7,9H,4-5H2,1-3H3,(H,10,11)/t7-/m0/s1. The lowest BCUT2D eigenvalue weighted by molar-refractivity contribution is -0.138. The van der Waals surface area contributed by atoms with Crippen LogP contribution in [0.4, 0.5) is 0 Å². The number of sulfone groups is 1. The molecule has 0 saturated heterocycles. The predicted molar refractivity (Wildman–Crippen MR) is 54.0 cm³/mol. The quantitative estimate of drug-likeness (QED) is 0.655. The topological polar surface area (TPSA) is 83.5 Å². The maximum Gasteiger partial charge on any atom is 0.320 e. The SMILES string of the molecule is CC(C)S(=O)(=O)CCN[C@@H](C)C(=O)O. The molecule has 0 saturated carbocycles. The van der Waals surface area contributed by atoms with E-state index in [4.69, 9.17) is 5.11 Å². The monoisotopic (exact) mass is 223 g/mol. The molecule has 0 rings (SSSR count). The molecule has 0 aromatic heterocycles. The Labute approximate surface area is 84.4 Å². The smallest absolute Gasteiger partial charge is 0.320 e. The Morgan fingerprint density at radius 1 is 1.36 bits per heavy atom. The van der Waals surface area contributed by atoms with Gasteiger partial charge in [0.2, 0.25) is 0 Å². The molecule has 0 fully saturated rings. The number of nitrogens with one attached hydrogen (secondary N) is 1. The third-order valence-corrected chi connectivity index (χ3v) is 4.14. The van der Waals surface area contributed by atoms with Gasteiger partial charge in [0.15, 0.2) is 9.84 Å². The van der Waals surface area contributed by atoms with E-state index < -0.39 is 27.1 Å². The Morgan fingerprint density at radius 2 is 1.86 bits per heavy atom. The minimum absolute atomic E-state index is 0.0255. The second-order valence-electron chi connectivity index (χ2n) is 3.43. The Balaban J connectivity index is 3.92. The van der Waals surface area contributed by atoms with E-state index in [1.54, 1.807) is 13.8 Å². The molecule has 6 heteroatoms. The average Bonchev–Trinajstić information content (AvgIpc) is 2.03. The highest BCUT2D eigenvalue weighted by atomic mass is 32.2. The van der Waals surface area contributed by atoms with Gasteiger partial charge in [0, 0.05) is 6.54 Å². The van der Waals surface area contributed by atoms with Crippen LogP contribution in [0.15, 0.2) is 0 Å². The summed E-state index contributed by atoms with van der Waals surface area (Å²) in [5, 5.41) is 10.7. The van der Waals surface area contributed by atoms with E-state index >= 15 is 0 Å². The van der Waals surface area contributed by atoms with Gasteiger partial charge in [-0.25, -0.2) is 8.42 Å². The highest BCUT2D eigenvalue weighted by Crippen LogP contribution is 1.99. The lowest BCUT2D eigenvalue weighted by Gasteiger charge is -2.10. The summed E-state index contributed by atoms with van der Waals surface area (Å²) in [4.78, 5) is 10.4. The van der Waals surface area contributed by atoms with Gasteiger partial charge in [-0.2, -0.15) is 0 Å². The van der Waals surface area contributed by atoms with Crippen LogP contribution in [-0.2, 0) is 14.6 Å². The third kappa shape index (κ3) is 4.57. The van der Waals surface area contributed by atoms with Crippen LogP contribution in [0.3, 0.4) is 0 Å². The lowest BCUT2D eigenvalue weighted by Crippen LogP contribution is -2.37. The fraction of sp³-hybridized carbons (Fsp3) is 0.875. The number of carbonyl (C=O) groups is 1. The normalized spacial score (nSPS) is 14.3. The Morgan fingerprint density at radius 3 is 2.21 bits per heavy atom. The molecular formula is C8H17NO4S. The van der Waals surface area contributed by atoms with E-state index in [0.29, 0.717) is 0 Å². The largest absolute Gasteiger partial charge is 0.480 e. The van der Waals surface area contributed by atoms with Crippen molar-refractivity contribution >= 4 is 15.8 Å². The number of hydrogen-bond acceptors (Lipinski definition) is 4. The molecule has 2 N–H and O–H groups in total. The van der Waals surface area contributed by atoms with E-state index in [1.807, 2.05) is 0 Å². The molecule has 0 aliphatic rings. The summed E-state index contributed by atoms with van der Waals surface area (Å²) < 4.78 is 22.6. The van der Waals surface area contributed by atoms with E-state index in [9.17, 15) is 13.2 Å². The summed E-state index contributed by atoms with van der Waals surface area (Å²) in [7, 11) is -3.07. The number of carboxylic acids is 1. The van der Waals surface area contributed by atoms with Gasteiger partial charge in [-0.1, -0.05) is 0 Å². The summed E-state index contributed by atoms with van der Waals surface area (Å²) in [6.45, 7) is 4.87. The first-order valence-electron chi connectivity index (χ1n) is 4.45. The van der Waals surface area contributed by atoms with Crippen LogP contribution in [0, 0.1) is 0 Å². The van der Waals surface area contributed by atoms with Gasteiger partial charge in [0.25, 0.3) is 0 Å². The highest BCUT2D eigenvalue weighted by Gasteiger charge is 2.17. The minimum atomic E-state index is -3.07. The Bertz CT molecular complexity index is 284. The summed E-state index contributed by atoms with van der Waals surface area (Å²) in [5.41, 5.74) is 0. The van der Waals surface area contributed by atoms with Crippen molar-refractivity contribution < 1.29 is 18.3 Å². The first kappa shape index (κ1) is 13.4. The van der Waals surface area contributed by atoms with Crippen LogP contribution in [0.1, 0.15) is 20.8 Å².